The molecule has 0 aliphatic heterocycles. The summed E-state index contributed by atoms with van der Waals surface area (Å²) in [5, 5.41) is 7.85. The summed E-state index contributed by atoms with van der Waals surface area (Å²) >= 11 is 1.85. The Labute approximate surface area is 113 Å². The summed E-state index contributed by atoms with van der Waals surface area (Å²) in [7, 11) is 0. The van der Waals surface area contributed by atoms with Gasteiger partial charge in [0.1, 0.15) is 0 Å². The van der Waals surface area contributed by atoms with E-state index in [-0.39, 0.29) is 5.54 Å². The van der Waals surface area contributed by atoms with Gasteiger partial charge in [0.05, 0.1) is 11.7 Å². The fraction of sp³-hybridized carbons (Fsp3) is 0.500. The van der Waals surface area contributed by atoms with Crippen molar-refractivity contribution in [2.45, 2.75) is 46.3 Å². The van der Waals surface area contributed by atoms with E-state index >= 15 is 0 Å². The third kappa shape index (κ3) is 3.43. The molecule has 0 unspecified atom stereocenters. The van der Waals surface area contributed by atoms with Crippen molar-refractivity contribution in [3.63, 3.8) is 0 Å². The molecule has 0 radical (unpaired) electrons. The lowest BCUT2D eigenvalue weighted by molar-refractivity contribution is 0.355. The van der Waals surface area contributed by atoms with Gasteiger partial charge in [0.25, 0.3) is 0 Å². The second-order valence-electron chi connectivity index (χ2n) is 5.58. The van der Waals surface area contributed by atoms with Gasteiger partial charge < -0.3 is 5.32 Å². The molecular weight excluding hydrogens is 242 g/mol. The molecule has 1 N–H and O–H groups in total. The molecule has 3 nitrogen and oxygen atoms in total. The van der Waals surface area contributed by atoms with Crippen molar-refractivity contribution in [2.24, 2.45) is 0 Å². The first kappa shape index (κ1) is 13.3. The lowest BCUT2D eigenvalue weighted by Crippen LogP contribution is -2.22. The van der Waals surface area contributed by atoms with Crippen molar-refractivity contribution in [3.8, 4) is 0 Å². The quantitative estimate of drug-likeness (QED) is 0.917. The Morgan fingerprint density at radius 3 is 2.61 bits per heavy atom. The molecular formula is C14H21N3S. The Morgan fingerprint density at radius 1 is 1.28 bits per heavy atom. The average Bonchev–Trinajstić information content (AvgIpc) is 2.87. The van der Waals surface area contributed by atoms with E-state index < -0.39 is 0 Å². The van der Waals surface area contributed by atoms with Crippen LogP contribution in [-0.4, -0.2) is 9.78 Å². The fourth-order valence-electron chi connectivity index (χ4n) is 1.73. The van der Waals surface area contributed by atoms with Crippen LogP contribution in [0.5, 0.6) is 0 Å². The second kappa shape index (κ2) is 5.24. The molecule has 0 saturated carbocycles. The minimum atomic E-state index is 0.0586. The van der Waals surface area contributed by atoms with E-state index in [4.69, 9.17) is 0 Å². The van der Waals surface area contributed by atoms with Crippen molar-refractivity contribution < 1.29 is 0 Å². The largest absolute Gasteiger partial charge is 0.308 e. The topological polar surface area (TPSA) is 29.9 Å². The van der Waals surface area contributed by atoms with Crippen molar-refractivity contribution in [3.05, 3.63) is 39.8 Å². The van der Waals surface area contributed by atoms with Gasteiger partial charge in [-0.05, 0) is 39.8 Å². The fourth-order valence-corrected chi connectivity index (χ4v) is 2.59. The Morgan fingerprint density at radius 2 is 2.06 bits per heavy atom. The smallest absolute Gasteiger partial charge is 0.0543 e. The molecule has 0 aromatic carbocycles. The van der Waals surface area contributed by atoms with Gasteiger partial charge in [-0.1, -0.05) is 0 Å². The van der Waals surface area contributed by atoms with Gasteiger partial charge in [0.15, 0.2) is 0 Å². The van der Waals surface area contributed by atoms with Crippen LogP contribution in [0, 0.1) is 6.92 Å². The number of nitrogens with zero attached hydrogens (tertiary/aromatic N) is 2. The Hall–Kier alpha value is -1.13. The van der Waals surface area contributed by atoms with Gasteiger partial charge >= 0.3 is 0 Å². The van der Waals surface area contributed by atoms with Crippen LogP contribution < -0.4 is 5.32 Å². The van der Waals surface area contributed by atoms with Crippen LogP contribution in [0.1, 0.15) is 36.1 Å². The zero-order chi connectivity index (χ0) is 13.2. The normalized spacial score (nSPS) is 12.0. The van der Waals surface area contributed by atoms with Gasteiger partial charge in [-0.2, -0.15) is 5.10 Å². The minimum absolute atomic E-state index is 0.0586. The van der Waals surface area contributed by atoms with Crippen LogP contribution in [0.2, 0.25) is 0 Å². The van der Waals surface area contributed by atoms with Gasteiger partial charge in [0, 0.05) is 34.6 Å². The van der Waals surface area contributed by atoms with E-state index in [2.05, 4.69) is 56.4 Å². The first-order chi connectivity index (χ1) is 8.45. The summed E-state index contributed by atoms with van der Waals surface area (Å²) in [4.78, 5) is 2.75. The van der Waals surface area contributed by atoms with E-state index in [1.165, 1.54) is 15.3 Å². The molecule has 98 valence electrons. The monoisotopic (exact) mass is 263 g/mol. The second-order valence-corrected chi connectivity index (χ2v) is 6.95. The predicted molar refractivity (Wildman–Crippen MR) is 76.8 cm³/mol. The van der Waals surface area contributed by atoms with Crippen LogP contribution in [0.3, 0.4) is 0 Å². The molecule has 4 heteroatoms. The third-order valence-corrected chi connectivity index (χ3v) is 3.75. The maximum Gasteiger partial charge on any atom is 0.0543 e. The summed E-state index contributed by atoms with van der Waals surface area (Å²) in [5.74, 6) is 0. The van der Waals surface area contributed by atoms with Crippen LogP contribution in [0.25, 0.3) is 0 Å². The molecule has 0 aliphatic rings. The summed E-state index contributed by atoms with van der Waals surface area (Å²) in [6.07, 6.45) is 4.06. The first-order valence-electron chi connectivity index (χ1n) is 6.25. The highest BCUT2D eigenvalue weighted by atomic mass is 32.1. The molecule has 0 amide bonds. The number of hydrogen-bond donors (Lipinski definition) is 1. The standard InChI is InChI=1S/C14H21N3S/c1-11-5-6-13(18-11)9-15-7-12-8-16-17(10-12)14(2,3)4/h5-6,8,10,15H,7,9H2,1-4H3. The van der Waals surface area contributed by atoms with Gasteiger partial charge in [-0.3, -0.25) is 4.68 Å². The maximum atomic E-state index is 4.40. The highest BCUT2D eigenvalue weighted by molar-refractivity contribution is 7.11. The lowest BCUT2D eigenvalue weighted by Gasteiger charge is -2.18. The number of nitrogens with one attached hydrogen (secondary N) is 1. The zero-order valence-electron chi connectivity index (χ0n) is 11.5. The van der Waals surface area contributed by atoms with Crippen molar-refractivity contribution in [1.82, 2.24) is 15.1 Å². The van der Waals surface area contributed by atoms with Gasteiger partial charge in [-0.25, -0.2) is 0 Å². The van der Waals surface area contributed by atoms with E-state index in [0.717, 1.165) is 13.1 Å². The molecule has 2 aromatic heterocycles. The molecule has 0 atom stereocenters. The lowest BCUT2D eigenvalue weighted by atomic mass is 10.1. The summed E-state index contributed by atoms with van der Waals surface area (Å²) in [6.45, 7) is 10.4. The van der Waals surface area contributed by atoms with Crippen LogP contribution >= 0.6 is 11.3 Å². The van der Waals surface area contributed by atoms with Crippen LogP contribution in [0.15, 0.2) is 24.5 Å². The molecule has 18 heavy (non-hydrogen) atoms. The van der Waals surface area contributed by atoms with E-state index in [1.807, 2.05) is 22.2 Å². The zero-order valence-corrected chi connectivity index (χ0v) is 12.3. The number of aromatic nitrogens is 2. The maximum absolute atomic E-state index is 4.40. The predicted octanol–water partition coefficient (Wildman–Crippen LogP) is 3.30. The number of hydrogen-bond acceptors (Lipinski definition) is 3. The molecule has 0 spiro atoms. The highest BCUT2D eigenvalue weighted by Crippen LogP contribution is 2.15. The number of rotatable bonds is 4. The van der Waals surface area contributed by atoms with Gasteiger partial charge in [0.2, 0.25) is 0 Å². The summed E-state index contributed by atoms with van der Waals surface area (Å²) in [5.41, 5.74) is 1.29. The van der Waals surface area contributed by atoms with E-state index in [9.17, 15) is 0 Å². The molecule has 2 rings (SSSR count). The Balaban J connectivity index is 1.85. The van der Waals surface area contributed by atoms with Crippen molar-refractivity contribution >= 4 is 11.3 Å². The molecule has 2 aromatic rings. The molecule has 0 saturated heterocycles. The SMILES string of the molecule is Cc1ccc(CNCc2cnn(C(C)(C)C)c2)s1. The van der Waals surface area contributed by atoms with Crippen molar-refractivity contribution in [2.75, 3.05) is 0 Å². The minimum Gasteiger partial charge on any atom is -0.308 e. The average molecular weight is 263 g/mol. The first-order valence-corrected chi connectivity index (χ1v) is 7.07. The van der Waals surface area contributed by atoms with Crippen LogP contribution in [-0.2, 0) is 18.6 Å². The molecule has 0 aliphatic carbocycles. The van der Waals surface area contributed by atoms with E-state index in [1.54, 1.807) is 0 Å². The van der Waals surface area contributed by atoms with E-state index in [0.29, 0.717) is 0 Å². The summed E-state index contributed by atoms with van der Waals surface area (Å²) < 4.78 is 2.01. The number of aryl methyl sites for hydroxylation is 1. The Kier molecular flexibility index (Phi) is 3.88. The van der Waals surface area contributed by atoms with Crippen molar-refractivity contribution in [1.29, 1.82) is 0 Å². The van der Waals surface area contributed by atoms with Gasteiger partial charge in [-0.15, -0.1) is 11.3 Å². The highest BCUT2D eigenvalue weighted by Gasteiger charge is 2.13. The molecule has 2 heterocycles. The Bertz CT molecular complexity index is 505. The molecule has 0 fully saturated rings. The van der Waals surface area contributed by atoms with Crippen LogP contribution in [0.4, 0.5) is 0 Å². The number of thiophene rings is 1. The third-order valence-electron chi connectivity index (χ3n) is 2.75. The molecule has 0 bridgehead atoms. The summed E-state index contributed by atoms with van der Waals surface area (Å²) in [6, 6.07) is 4.35.